The summed E-state index contributed by atoms with van der Waals surface area (Å²) in [5.41, 5.74) is 4.28. The first kappa shape index (κ1) is 17.0. The zero-order valence-corrected chi connectivity index (χ0v) is 15.1. The Morgan fingerprint density at radius 2 is 2.04 bits per heavy atom. The molecule has 3 aromatic rings. The standard InChI is InChI=1S/C22H25N3O/c26-22(9-6-17-5-4-10-23-14-17)18-7-8-20-19(15-24-21(20)13-18)16-25-11-2-1-3-12-25/h4-5,7-8,10,13-15,24H,1-3,6,9,11-12,16H2. The summed E-state index contributed by atoms with van der Waals surface area (Å²) in [6.07, 6.45) is 10.9. The first-order valence-corrected chi connectivity index (χ1v) is 9.54. The van der Waals surface area contributed by atoms with Crippen molar-refractivity contribution < 1.29 is 4.79 Å². The number of aromatic amines is 1. The summed E-state index contributed by atoms with van der Waals surface area (Å²) in [4.78, 5) is 22.5. The van der Waals surface area contributed by atoms with Crippen molar-refractivity contribution in [2.24, 2.45) is 0 Å². The van der Waals surface area contributed by atoms with Crippen LogP contribution in [-0.4, -0.2) is 33.7 Å². The topological polar surface area (TPSA) is 49.0 Å². The van der Waals surface area contributed by atoms with Gasteiger partial charge in [0.05, 0.1) is 0 Å². The molecule has 1 aliphatic rings. The molecule has 0 bridgehead atoms. The minimum absolute atomic E-state index is 0.183. The number of rotatable bonds is 6. The monoisotopic (exact) mass is 347 g/mol. The van der Waals surface area contributed by atoms with Crippen LogP contribution in [0, 0.1) is 0 Å². The van der Waals surface area contributed by atoms with Crippen LogP contribution in [0.4, 0.5) is 0 Å². The summed E-state index contributed by atoms with van der Waals surface area (Å²) in [6, 6.07) is 10.0. The highest BCUT2D eigenvalue weighted by atomic mass is 16.1. The molecule has 0 aliphatic carbocycles. The van der Waals surface area contributed by atoms with Crippen LogP contribution in [0.1, 0.15) is 47.2 Å². The third-order valence-corrected chi connectivity index (χ3v) is 5.30. The molecule has 1 saturated heterocycles. The van der Waals surface area contributed by atoms with E-state index in [0.717, 1.165) is 29.6 Å². The Kier molecular flexibility index (Phi) is 5.12. The van der Waals surface area contributed by atoms with E-state index < -0.39 is 0 Å². The number of likely N-dealkylation sites (tertiary alicyclic amines) is 1. The number of H-pyrrole nitrogens is 1. The van der Waals surface area contributed by atoms with Gasteiger partial charge in [-0.3, -0.25) is 14.7 Å². The lowest BCUT2D eigenvalue weighted by Crippen LogP contribution is -2.28. The number of fused-ring (bicyclic) bond motifs is 1. The molecule has 0 unspecified atom stereocenters. The Morgan fingerprint density at radius 1 is 1.15 bits per heavy atom. The number of benzene rings is 1. The number of pyridine rings is 1. The van der Waals surface area contributed by atoms with Crippen molar-refractivity contribution in [2.45, 2.75) is 38.6 Å². The molecule has 2 aromatic heterocycles. The van der Waals surface area contributed by atoms with Crippen LogP contribution in [0.25, 0.3) is 10.9 Å². The van der Waals surface area contributed by atoms with Crippen molar-refractivity contribution in [3.8, 4) is 0 Å². The van der Waals surface area contributed by atoms with Crippen molar-refractivity contribution in [1.82, 2.24) is 14.9 Å². The summed E-state index contributed by atoms with van der Waals surface area (Å²) < 4.78 is 0. The van der Waals surface area contributed by atoms with E-state index in [-0.39, 0.29) is 5.78 Å². The zero-order valence-electron chi connectivity index (χ0n) is 15.1. The van der Waals surface area contributed by atoms with E-state index in [4.69, 9.17) is 0 Å². The fourth-order valence-electron chi connectivity index (χ4n) is 3.80. The van der Waals surface area contributed by atoms with Gasteiger partial charge in [0.2, 0.25) is 0 Å². The van der Waals surface area contributed by atoms with E-state index in [9.17, 15) is 4.79 Å². The average molecular weight is 347 g/mol. The maximum absolute atomic E-state index is 12.5. The molecule has 1 aliphatic heterocycles. The molecule has 134 valence electrons. The predicted octanol–water partition coefficient (Wildman–Crippen LogP) is 4.36. The van der Waals surface area contributed by atoms with Gasteiger partial charge in [0.15, 0.2) is 5.78 Å². The van der Waals surface area contributed by atoms with Crippen molar-refractivity contribution in [2.75, 3.05) is 13.1 Å². The van der Waals surface area contributed by atoms with Gasteiger partial charge in [0.1, 0.15) is 0 Å². The molecule has 0 saturated carbocycles. The van der Waals surface area contributed by atoms with Crippen molar-refractivity contribution in [1.29, 1.82) is 0 Å². The predicted molar refractivity (Wildman–Crippen MR) is 104 cm³/mol. The van der Waals surface area contributed by atoms with Gasteiger partial charge in [-0.05, 0) is 55.6 Å². The Morgan fingerprint density at radius 3 is 2.85 bits per heavy atom. The maximum atomic E-state index is 12.5. The minimum atomic E-state index is 0.183. The van der Waals surface area contributed by atoms with Gasteiger partial charge in [0, 0.05) is 48.0 Å². The number of aryl methyl sites for hydroxylation is 1. The number of nitrogens with one attached hydrogen (secondary N) is 1. The zero-order chi connectivity index (χ0) is 17.8. The molecule has 26 heavy (non-hydrogen) atoms. The summed E-state index contributed by atoms with van der Waals surface area (Å²) >= 11 is 0. The van der Waals surface area contributed by atoms with Gasteiger partial charge < -0.3 is 4.98 Å². The van der Waals surface area contributed by atoms with Gasteiger partial charge >= 0.3 is 0 Å². The fraction of sp³-hybridized carbons (Fsp3) is 0.364. The first-order valence-electron chi connectivity index (χ1n) is 9.54. The Bertz CT molecular complexity index is 879. The summed E-state index contributed by atoms with van der Waals surface area (Å²) in [6.45, 7) is 3.38. The SMILES string of the molecule is O=C(CCc1cccnc1)c1ccc2c(CN3CCCCC3)c[nH]c2c1. The average Bonchev–Trinajstić information content (AvgIpc) is 3.10. The van der Waals surface area contributed by atoms with Gasteiger partial charge in [-0.15, -0.1) is 0 Å². The van der Waals surface area contributed by atoms with Crippen LogP contribution in [0.2, 0.25) is 0 Å². The first-order chi connectivity index (χ1) is 12.8. The molecule has 1 fully saturated rings. The summed E-state index contributed by atoms with van der Waals surface area (Å²) in [7, 11) is 0. The molecule has 0 amide bonds. The second-order valence-corrected chi connectivity index (χ2v) is 7.20. The smallest absolute Gasteiger partial charge is 0.163 e. The number of hydrogen-bond acceptors (Lipinski definition) is 3. The number of carbonyl (C=O) groups excluding carboxylic acids is 1. The number of carbonyl (C=O) groups is 1. The van der Waals surface area contributed by atoms with Crippen molar-refractivity contribution in [3.63, 3.8) is 0 Å². The van der Waals surface area contributed by atoms with Gasteiger partial charge in [0.25, 0.3) is 0 Å². The van der Waals surface area contributed by atoms with Crippen LogP contribution >= 0.6 is 0 Å². The summed E-state index contributed by atoms with van der Waals surface area (Å²) in [5, 5.41) is 1.24. The van der Waals surface area contributed by atoms with E-state index in [2.05, 4.69) is 27.1 Å². The van der Waals surface area contributed by atoms with Gasteiger partial charge in [-0.2, -0.15) is 0 Å². The van der Waals surface area contributed by atoms with Gasteiger partial charge in [-0.25, -0.2) is 0 Å². The highest BCUT2D eigenvalue weighted by Gasteiger charge is 2.14. The molecular formula is C22H25N3O. The largest absolute Gasteiger partial charge is 0.361 e. The Labute approximate surface area is 154 Å². The molecule has 3 heterocycles. The molecule has 4 rings (SSSR count). The van der Waals surface area contributed by atoms with E-state index in [1.165, 1.54) is 43.3 Å². The van der Waals surface area contributed by atoms with E-state index in [1.807, 2.05) is 30.5 Å². The molecule has 0 atom stereocenters. The number of nitrogens with zero attached hydrogens (tertiary/aromatic N) is 2. The molecule has 0 spiro atoms. The van der Waals surface area contributed by atoms with E-state index in [0.29, 0.717) is 6.42 Å². The highest BCUT2D eigenvalue weighted by Crippen LogP contribution is 2.23. The Balaban J connectivity index is 1.44. The molecule has 4 heteroatoms. The van der Waals surface area contributed by atoms with E-state index in [1.54, 1.807) is 6.20 Å². The highest BCUT2D eigenvalue weighted by molar-refractivity contribution is 5.99. The van der Waals surface area contributed by atoms with Crippen molar-refractivity contribution >= 4 is 16.7 Å². The lowest BCUT2D eigenvalue weighted by atomic mass is 10.0. The van der Waals surface area contributed by atoms with E-state index >= 15 is 0 Å². The van der Waals surface area contributed by atoms with Gasteiger partial charge in [-0.1, -0.05) is 24.6 Å². The number of Topliss-reactive ketones (excluding diaryl/α,β-unsaturated/α-hetero) is 1. The quantitative estimate of drug-likeness (QED) is 0.674. The van der Waals surface area contributed by atoms with Crippen LogP contribution in [-0.2, 0) is 13.0 Å². The maximum Gasteiger partial charge on any atom is 0.163 e. The molecule has 4 nitrogen and oxygen atoms in total. The normalized spacial score (nSPS) is 15.4. The van der Waals surface area contributed by atoms with Crippen LogP contribution in [0.15, 0.2) is 48.9 Å². The molecular weight excluding hydrogens is 322 g/mol. The molecule has 0 radical (unpaired) electrons. The summed E-state index contributed by atoms with van der Waals surface area (Å²) in [5.74, 6) is 0.183. The number of aromatic nitrogens is 2. The number of piperidine rings is 1. The minimum Gasteiger partial charge on any atom is -0.361 e. The Hall–Kier alpha value is -2.46. The second-order valence-electron chi connectivity index (χ2n) is 7.20. The molecule has 1 aromatic carbocycles. The number of ketones is 1. The fourth-order valence-corrected chi connectivity index (χ4v) is 3.80. The molecule has 1 N–H and O–H groups in total. The van der Waals surface area contributed by atoms with Crippen LogP contribution in [0.5, 0.6) is 0 Å². The number of hydrogen-bond donors (Lipinski definition) is 1. The van der Waals surface area contributed by atoms with Crippen LogP contribution in [0.3, 0.4) is 0 Å². The van der Waals surface area contributed by atoms with Crippen molar-refractivity contribution in [3.05, 3.63) is 65.6 Å². The lowest BCUT2D eigenvalue weighted by Gasteiger charge is -2.26. The van der Waals surface area contributed by atoms with Crippen LogP contribution < -0.4 is 0 Å². The second kappa shape index (κ2) is 7.83. The third kappa shape index (κ3) is 3.86. The lowest BCUT2D eigenvalue weighted by molar-refractivity contribution is 0.0983. The third-order valence-electron chi connectivity index (χ3n) is 5.30.